The summed E-state index contributed by atoms with van der Waals surface area (Å²) in [4.78, 5) is 27.4. The molecule has 15 heavy (non-hydrogen) atoms. The molecule has 0 aliphatic heterocycles. The molecular weight excluding hydrogens is 216 g/mol. The zero-order valence-corrected chi connectivity index (χ0v) is 8.93. The number of aliphatic hydroxyl groups is 1. The highest BCUT2D eigenvalue weighted by molar-refractivity contribution is 7.18. The Balaban J connectivity index is 2.83. The van der Waals surface area contributed by atoms with Gasteiger partial charge in [-0.1, -0.05) is 0 Å². The Morgan fingerprint density at radius 3 is 2.93 bits per heavy atom. The van der Waals surface area contributed by atoms with Gasteiger partial charge in [0.2, 0.25) is 0 Å². The van der Waals surface area contributed by atoms with Gasteiger partial charge in [0.1, 0.15) is 4.83 Å². The molecule has 0 amide bonds. The number of aliphatic hydroxyl groups excluding tert-OH is 1. The first-order valence-corrected chi connectivity index (χ1v) is 5.29. The predicted octanol–water partition coefficient (Wildman–Crippen LogP) is 0.0520. The molecule has 2 heterocycles. The molecule has 80 valence electrons. The number of aromatic nitrogens is 2. The van der Waals surface area contributed by atoms with E-state index in [1.54, 1.807) is 6.07 Å². The van der Waals surface area contributed by atoms with Crippen LogP contribution in [0.1, 0.15) is 4.88 Å². The Hall–Kier alpha value is -1.40. The topological polar surface area (TPSA) is 75.1 Å². The molecule has 0 spiro atoms. The van der Waals surface area contributed by atoms with Gasteiger partial charge in [-0.05, 0) is 13.0 Å². The molecule has 0 saturated carbocycles. The van der Waals surface area contributed by atoms with Crippen molar-refractivity contribution in [3.05, 3.63) is 31.8 Å². The standard InChI is InChI=1S/C9H10N2O3S/c1-5-4-6-7(15-5)10-9(14)11(2-3-12)8(6)13/h4,12H,2-3H2,1H3,(H,10,14). The van der Waals surface area contributed by atoms with Gasteiger partial charge in [0.05, 0.1) is 18.5 Å². The van der Waals surface area contributed by atoms with Crippen molar-refractivity contribution >= 4 is 21.6 Å². The van der Waals surface area contributed by atoms with E-state index < -0.39 is 5.69 Å². The van der Waals surface area contributed by atoms with Crippen molar-refractivity contribution in [3.63, 3.8) is 0 Å². The van der Waals surface area contributed by atoms with Crippen LogP contribution in [-0.4, -0.2) is 21.3 Å². The Bertz CT molecular complexity index is 608. The fraction of sp³-hybridized carbons (Fsp3) is 0.333. The summed E-state index contributed by atoms with van der Waals surface area (Å²) in [6.45, 7) is 1.68. The van der Waals surface area contributed by atoms with Crippen molar-refractivity contribution in [2.75, 3.05) is 6.61 Å². The third kappa shape index (κ3) is 1.62. The number of nitrogens with one attached hydrogen (secondary N) is 1. The van der Waals surface area contributed by atoms with Crippen LogP contribution in [0, 0.1) is 6.92 Å². The predicted molar refractivity (Wildman–Crippen MR) is 58.5 cm³/mol. The molecule has 6 heteroatoms. The van der Waals surface area contributed by atoms with E-state index >= 15 is 0 Å². The number of H-pyrrole nitrogens is 1. The van der Waals surface area contributed by atoms with Crippen molar-refractivity contribution in [1.29, 1.82) is 0 Å². The lowest BCUT2D eigenvalue weighted by Crippen LogP contribution is -2.35. The van der Waals surface area contributed by atoms with Gasteiger partial charge >= 0.3 is 5.69 Å². The van der Waals surface area contributed by atoms with Crippen molar-refractivity contribution in [3.8, 4) is 0 Å². The van der Waals surface area contributed by atoms with E-state index in [9.17, 15) is 9.59 Å². The highest BCUT2D eigenvalue weighted by atomic mass is 32.1. The zero-order chi connectivity index (χ0) is 11.0. The van der Waals surface area contributed by atoms with E-state index in [2.05, 4.69) is 4.98 Å². The first kappa shape index (κ1) is 10.1. The third-order valence-corrected chi connectivity index (χ3v) is 3.09. The quantitative estimate of drug-likeness (QED) is 0.760. The second kappa shape index (κ2) is 3.63. The summed E-state index contributed by atoms with van der Waals surface area (Å²) >= 11 is 1.38. The van der Waals surface area contributed by atoms with E-state index in [4.69, 9.17) is 5.11 Å². The molecule has 2 rings (SSSR count). The molecule has 5 nitrogen and oxygen atoms in total. The summed E-state index contributed by atoms with van der Waals surface area (Å²) < 4.78 is 1.01. The first-order valence-electron chi connectivity index (χ1n) is 4.47. The van der Waals surface area contributed by atoms with E-state index in [1.165, 1.54) is 11.3 Å². The molecule has 0 fully saturated rings. The van der Waals surface area contributed by atoms with Gasteiger partial charge in [-0.25, -0.2) is 4.79 Å². The Morgan fingerprint density at radius 2 is 2.27 bits per heavy atom. The van der Waals surface area contributed by atoms with E-state index in [0.717, 1.165) is 9.44 Å². The summed E-state index contributed by atoms with van der Waals surface area (Å²) in [5.74, 6) is 0. The molecular formula is C9H10N2O3S. The minimum Gasteiger partial charge on any atom is -0.395 e. The van der Waals surface area contributed by atoms with Gasteiger partial charge < -0.3 is 5.11 Å². The minimum atomic E-state index is -0.469. The maximum atomic E-state index is 11.8. The molecule has 2 N–H and O–H groups in total. The summed E-state index contributed by atoms with van der Waals surface area (Å²) in [6, 6.07) is 1.74. The summed E-state index contributed by atoms with van der Waals surface area (Å²) in [5, 5.41) is 9.24. The molecule has 0 aliphatic carbocycles. The highest BCUT2D eigenvalue weighted by Crippen LogP contribution is 2.18. The van der Waals surface area contributed by atoms with Gasteiger partial charge in [0.15, 0.2) is 0 Å². The summed E-state index contributed by atoms with van der Waals surface area (Å²) in [6.07, 6.45) is 0. The fourth-order valence-corrected chi connectivity index (χ4v) is 2.36. The van der Waals surface area contributed by atoms with Gasteiger partial charge in [0.25, 0.3) is 5.56 Å². The number of hydrogen-bond donors (Lipinski definition) is 2. The SMILES string of the molecule is Cc1cc2c(=O)n(CCO)c(=O)[nH]c2s1. The van der Waals surface area contributed by atoms with Crippen LogP contribution in [0.5, 0.6) is 0 Å². The number of rotatable bonds is 2. The molecule has 2 aromatic heterocycles. The first-order chi connectivity index (χ1) is 7.13. The summed E-state index contributed by atoms with van der Waals surface area (Å²) in [7, 11) is 0. The van der Waals surface area contributed by atoms with Crippen LogP contribution >= 0.6 is 11.3 Å². The Kier molecular flexibility index (Phi) is 2.45. The Morgan fingerprint density at radius 1 is 1.53 bits per heavy atom. The van der Waals surface area contributed by atoms with Crippen LogP contribution in [0.3, 0.4) is 0 Å². The van der Waals surface area contributed by atoms with Crippen LogP contribution in [0.25, 0.3) is 10.2 Å². The molecule has 0 atom stereocenters. The van der Waals surface area contributed by atoms with Crippen LogP contribution < -0.4 is 11.2 Å². The Labute approximate surface area is 88.6 Å². The maximum absolute atomic E-state index is 11.8. The second-order valence-electron chi connectivity index (χ2n) is 3.21. The van der Waals surface area contributed by atoms with Crippen molar-refractivity contribution in [2.24, 2.45) is 0 Å². The normalized spacial score (nSPS) is 11.1. The van der Waals surface area contributed by atoms with Crippen molar-refractivity contribution in [1.82, 2.24) is 9.55 Å². The van der Waals surface area contributed by atoms with Crippen molar-refractivity contribution in [2.45, 2.75) is 13.5 Å². The number of fused-ring (bicyclic) bond motifs is 1. The van der Waals surface area contributed by atoms with Crippen LogP contribution in [0.15, 0.2) is 15.7 Å². The minimum absolute atomic E-state index is 0.0268. The monoisotopic (exact) mass is 226 g/mol. The van der Waals surface area contributed by atoms with E-state index in [-0.39, 0.29) is 18.7 Å². The van der Waals surface area contributed by atoms with Crippen molar-refractivity contribution < 1.29 is 5.11 Å². The number of hydrogen-bond acceptors (Lipinski definition) is 4. The molecule has 0 radical (unpaired) electrons. The average Bonchev–Trinajstić information content (AvgIpc) is 2.53. The number of aromatic amines is 1. The molecule has 0 aromatic carbocycles. The molecule has 0 bridgehead atoms. The average molecular weight is 226 g/mol. The number of thiophene rings is 1. The number of aryl methyl sites for hydroxylation is 1. The lowest BCUT2D eigenvalue weighted by molar-refractivity contribution is 0.272. The third-order valence-electron chi connectivity index (χ3n) is 2.12. The molecule has 0 aliphatic rings. The van der Waals surface area contributed by atoms with Gasteiger partial charge in [-0.3, -0.25) is 14.3 Å². The lowest BCUT2D eigenvalue weighted by atomic mass is 10.4. The largest absolute Gasteiger partial charge is 0.395 e. The zero-order valence-electron chi connectivity index (χ0n) is 8.11. The highest BCUT2D eigenvalue weighted by Gasteiger charge is 2.08. The smallest absolute Gasteiger partial charge is 0.329 e. The van der Waals surface area contributed by atoms with Gasteiger partial charge in [-0.15, -0.1) is 11.3 Å². The van der Waals surface area contributed by atoms with E-state index in [1.807, 2.05) is 6.92 Å². The maximum Gasteiger partial charge on any atom is 0.329 e. The van der Waals surface area contributed by atoms with Gasteiger partial charge in [0, 0.05) is 4.88 Å². The lowest BCUT2D eigenvalue weighted by Gasteiger charge is -2.00. The van der Waals surface area contributed by atoms with Crippen LogP contribution in [0.4, 0.5) is 0 Å². The molecule has 2 aromatic rings. The number of nitrogens with zero attached hydrogens (tertiary/aromatic N) is 1. The van der Waals surface area contributed by atoms with Gasteiger partial charge in [-0.2, -0.15) is 0 Å². The van der Waals surface area contributed by atoms with Crippen LogP contribution in [-0.2, 0) is 6.54 Å². The molecule has 0 unspecified atom stereocenters. The summed E-state index contributed by atoms with van der Waals surface area (Å²) in [5.41, 5.74) is -0.810. The second-order valence-corrected chi connectivity index (χ2v) is 4.47. The fourth-order valence-electron chi connectivity index (χ4n) is 1.47. The van der Waals surface area contributed by atoms with E-state index in [0.29, 0.717) is 10.2 Å². The molecule has 0 saturated heterocycles. The van der Waals surface area contributed by atoms with Crippen LogP contribution in [0.2, 0.25) is 0 Å².